The molecule has 0 aromatic heterocycles. The molecule has 0 fully saturated rings. The van der Waals surface area contributed by atoms with Gasteiger partial charge in [0.25, 0.3) is 0 Å². The number of aliphatic hydroxyl groups excluding tert-OH is 4. The van der Waals surface area contributed by atoms with Gasteiger partial charge >= 0.3 is 23.9 Å². The number of aryl methyl sites for hydroxylation is 2. The van der Waals surface area contributed by atoms with Crippen molar-refractivity contribution in [1.29, 1.82) is 0 Å². The van der Waals surface area contributed by atoms with Crippen LogP contribution in [-0.2, 0) is 69.9 Å². The number of aliphatic hydroxyl groups is 4. The number of hydrogen-bond acceptors (Lipinski definition) is 20. The number of carbonyl (C=O) groups is 4. The minimum absolute atomic E-state index is 0.0207. The predicted molar refractivity (Wildman–Crippen MR) is 318 cm³/mol. The fourth-order valence-corrected chi connectivity index (χ4v) is 10.2. The Bertz CT molecular complexity index is 2360. The third-order valence-corrected chi connectivity index (χ3v) is 14.7. The average Bonchev–Trinajstić information content (AvgIpc) is 3.65. The first-order valence-electron chi connectivity index (χ1n) is 29.9. The SMILES string of the molecule is C=C(C)C1CCC(C)=CC1c1c(OC(=O)C(O)CO)cc(CCCCC=C(C)C2CCC(C)=CC2c2c(OC(=O)COCCOCCOCCOC)cc(CCCCC)cc2OC(=O)COCCOCCOCCOC)cc1OC(=O)C(O)CO. The van der Waals surface area contributed by atoms with Crippen LogP contribution in [0.4, 0.5) is 0 Å². The Balaban J connectivity index is 1.64. The minimum Gasteiger partial charge on any atom is -0.424 e. The molecule has 2 aliphatic rings. The first-order chi connectivity index (χ1) is 41.0. The van der Waals surface area contributed by atoms with Gasteiger partial charge in [0, 0.05) is 37.2 Å². The molecule has 4 rings (SSSR count). The number of allylic oxidation sites excluding steroid dienone is 7. The average molecular weight is 1200 g/mol. The molecule has 476 valence electrons. The molecule has 0 heterocycles. The summed E-state index contributed by atoms with van der Waals surface area (Å²) in [5.74, 6) is -4.00. The van der Waals surface area contributed by atoms with Crippen molar-refractivity contribution in [2.45, 2.75) is 136 Å². The number of carbonyl (C=O) groups excluding carboxylic acids is 4. The summed E-state index contributed by atoms with van der Waals surface area (Å²) in [6.45, 7) is 16.0. The van der Waals surface area contributed by atoms with Gasteiger partial charge in [-0.05, 0) is 139 Å². The molecule has 0 aliphatic heterocycles. The highest BCUT2D eigenvalue weighted by Gasteiger charge is 2.36. The molecule has 2 aliphatic carbocycles. The smallest absolute Gasteiger partial charge is 0.342 e. The van der Waals surface area contributed by atoms with Gasteiger partial charge in [0.2, 0.25) is 0 Å². The molecule has 0 bridgehead atoms. The summed E-state index contributed by atoms with van der Waals surface area (Å²) in [5, 5.41) is 39.9. The van der Waals surface area contributed by atoms with Crippen molar-refractivity contribution in [1.82, 2.24) is 0 Å². The van der Waals surface area contributed by atoms with Crippen molar-refractivity contribution in [3.05, 3.63) is 93.6 Å². The standard InChI is InChI=1S/C65H96O20/c1-9-10-12-16-48-36-56(82-60(70)42-80-32-30-78-28-26-76-24-22-74-7)63(57(37-48)83-61(71)43-81-33-31-79-29-27-77-25-23-75-8)53-35-46(5)19-21-51(53)47(6)15-13-11-14-17-49-38-58(84-64(72)54(68)40-66)62(59(39-49)85-65(73)55(69)41-67)52-34-45(4)18-20-50(52)44(2)3/h15,34-39,50-55,66-69H,2,9-14,16-33,40-43H2,1,3-8H3. The molecule has 0 saturated carbocycles. The molecule has 0 saturated heterocycles. The van der Waals surface area contributed by atoms with Crippen molar-refractivity contribution < 1.29 is 96.4 Å². The number of hydrogen-bond donors (Lipinski definition) is 4. The highest BCUT2D eigenvalue weighted by Crippen LogP contribution is 2.50. The maximum absolute atomic E-state index is 13.7. The Hall–Kier alpha value is -5.20. The lowest BCUT2D eigenvalue weighted by molar-refractivity contribution is -0.145. The van der Waals surface area contributed by atoms with Crippen LogP contribution in [0.1, 0.15) is 133 Å². The van der Waals surface area contributed by atoms with Crippen molar-refractivity contribution in [3.63, 3.8) is 0 Å². The Labute approximate surface area is 502 Å². The summed E-state index contributed by atoms with van der Waals surface area (Å²) in [6, 6.07) is 7.08. The van der Waals surface area contributed by atoms with Crippen LogP contribution in [0.5, 0.6) is 23.0 Å². The Kier molecular flexibility index (Phi) is 34.9. The summed E-state index contributed by atoms with van der Waals surface area (Å²) in [4.78, 5) is 53.8. The Morgan fingerprint density at radius 2 is 0.929 bits per heavy atom. The zero-order valence-corrected chi connectivity index (χ0v) is 51.3. The lowest BCUT2D eigenvalue weighted by Gasteiger charge is -2.33. The predicted octanol–water partition coefficient (Wildman–Crippen LogP) is 7.95. The second kappa shape index (κ2) is 41.0. The van der Waals surface area contributed by atoms with Crippen LogP contribution >= 0.6 is 0 Å². The topological polar surface area (TPSA) is 260 Å². The van der Waals surface area contributed by atoms with E-state index in [1.807, 2.05) is 32.1 Å². The summed E-state index contributed by atoms with van der Waals surface area (Å²) < 4.78 is 67.6. The van der Waals surface area contributed by atoms with Crippen LogP contribution < -0.4 is 18.9 Å². The van der Waals surface area contributed by atoms with E-state index in [9.17, 15) is 39.6 Å². The molecule has 0 amide bonds. The molecule has 6 unspecified atom stereocenters. The highest BCUT2D eigenvalue weighted by molar-refractivity contribution is 5.80. The Morgan fingerprint density at radius 3 is 1.33 bits per heavy atom. The fourth-order valence-electron chi connectivity index (χ4n) is 10.2. The molecule has 20 nitrogen and oxygen atoms in total. The van der Waals surface area contributed by atoms with Gasteiger partial charge in [0.1, 0.15) is 36.2 Å². The first kappa shape index (κ1) is 72.3. The van der Waals surface area contributed by atoms with Crippen LogP contribution in [0, 0.1) is 11.8 Å². The number of ether oxygens (including phenoxy) is 12. The molecule has 85 heavy (non-hydrogen) atoms. The zero-order chi connectivity index (χ0) is 61.9. The summed E-state index contributed by atoms with van der Waals surface area (Å²) in [6.07, 6.45) is 11.6. The van der Waals surface area contributed by atoms with E-state index >= 15 is 0 Å². The second-order valence-electron chi connectivity index (χ2n) is 21.6. The van der Waals surface area contributed by atoms with Crippen LogP contribution in [-0.4, -0.2) is 176 Å². The van der Waals surface area contributed by atoms with Crippen LogP contribution in [0.15, 0.2) is 71.4 Å². The van der Waals surface area contributed by atoms with Gasteiger partial charge in [-0.25, -0.2) is 19.2 Å². The van der Waals surface area contributed by atoms with Crippen molar-refractivity contribution >= 4 is 23.9 Å². The summed E-state index contributed by atoms with van der Waals surface area (Å²) in [5.41, 5.74) is 6.44. The molecule has 2 aromatic carbocycles. The maximum atomic E-state index is 13.7. The number of methoxy groups -OCH3 is 2. The molecule has 0 spiro atoms. The van der Waals surface area contributed by atoms with E-state index in [-0.39, 0.29) is 80.4 Å². The third-order valence-electron chi connectivity index (χ3n) is 14.7. The van der Waals surface area contributed by atoms with Crippen LogP contribution in [0.25, 0.3) is 0 Å². The van der Waals surface area contributed by atoms with Gasteiger partial charge in [-0.2, -0.15) is 0 Å². The van der Waals surface area contributed by atoms with E-state index in [1.54, 1.807) is 26.4 Å². The quantitative estimate of drug-likeness (QED) is 0.0212. The van der Waals surface area contributed by atoms with Gasteiger partial charge < -0.3 is 77.3 Å². The van der Waals surface area contributed by atoms with Crippen LogP contribution in [0.3, 0.4) is 0 Å². The molecular weight excluding hydrogens is 1100 g/mol. The number of rotatable bonds is 43. The molecular formula is C65H96O20. The second-order valence-corrected chi connectivity index (χ2v) is 21.6. The largest absolute Gasteiger partial charge is 0.424 e. The van der Waals surface area contributed by atoms with Crippen molar-refractivity contribution in [3.8, 4) is 23.0 Å². The molecule has 4 N–H and O–H groups in total. The lowest BCUT2D eigenvalue weighted by atomic mass is 9.73. The number of benzene rings is 2. The first-order valence-corrected chi connectivity index (χ1v) is 29.9. The number of esters is 4. The molecule has 2 aromatic rings. The van der Waals surface area contributed by atoms with E-state index in [4.69, 9.17) is 56.8 Å². The maximum Gasteiger partial charge on any atom is 0.342 e. The van der Waals surface area contributed by atoms with E-state index in [2.05, 4.69) is 39.5 Å². The third kappa shape index (κ3) is 26.0. The van der Waals surface area contributed by atoms with Gasteiger partial charge in [0.05, 0.1) is 92.5 Å². The fraction of sp³-hybridized carbons (Fsp3) is 0.631. The molecule has 0 radical (unpaired) electrons. The Morgan fingerprint density at radius 1 is 0.553 bits per heavy atom. The van der Waals surface area contributed by atoms with Gasteiger partial charge in [-0.1, -0.05) is 66.9 Å². The molecule has 20 heteroatoms. The number of unbranched alkanes of at least 4 members (excludes halogenated alkanes) is 4. The molecule has 6 atom stereocenters. The zero-order valence-electron chi connectivity index (χ0n) is 51.3. The van der Waals surface area contributed by atoms with E-state index in [0.29, 0.717) is 108 Å². The highest BCUT2D eigenvalue weighted by atomic mass is 16.6. The lowest BCUT2D eigenvalue weighted by Crippen LogP contribution is -2.31. The monoisotopic (exact) mass is 1200 g/mol. The van der Waals surface area contributed by atoms with Gasteiger partial charge in [-0.3, -0.25) is 0 Å². The minimum atomic E-state index is -1.84. The van der Waals surface area contributed by atoms with E-state index in [1.165, 1.54) is 0 Å². The van der Waals surface area contributed by atoms with E-state index in [0.717, 1.165) is 66.4 Å². The van der Waals surface area contributed by atoms with Crippen molar-refractivity contribution in [2.24, 2.45) is 11.8 Å². The van der Waals surface area contributed by atoms with Gasteiger partial charge in [-0.15, -0.1) is 0 Å². The van der Waals surface area contributed by atoms with E-state index < -0.39 is 55.2 Å². The van der Waals surface area contributed by atoms with Crippen LogP contribution in [0.2, 0.25) is 0 Å². The summed E-state index contributed by atoms with van der Waals surface area (Å²) in [7, 11) is 3.21. The van der Waals surface area contributed by atoms with Crippen molar-refractivity contribution in [2.75, 3.05) is 120 Å². The summed E-state index contributed by atoms with van der Waals surface area (Å²) >= 11 is 0. The normalized spacial score (nSPS) is 17.8. The van der Waals surface area contributed by atoms with Gasteiger partial charge in [0.15, 0.2) is 12.2 Å².